The molecule has 2 amide bonds. The van der Waals surface area contributed by atoms with Crippen molar-refractivity contribution in [2.75, 3.05) is 14.2 Å². The average Bonchev–Trinajstić information content (AvgIpc) is 3.22. The molecule has 2 aromatic rings. The quantitative estimate of drug-likeness (QED) is 0.446. The highest BCUT2D eigenvalue weighted by molar-refractivity contribution is 9.10. The summed E-state index contributed by atoms with van der Waals surface area (Å²) in [5.74, 6) is -0.334. The third-order valence-electron chi connectivity index (χ3n) is 3.76. The zero-order valence-electron chi connectivity index (χ0n) is 14.7. The summed E-state index contributed by atoms with van der Waals surface area (Å²) in [5.41, 5.74) is 0.633. The Labute approximate surface area is 177 Å². The van der Waals surface area contributed by atoms with Gasteiger partial charge in [0.15, 0.2) is 5.75 Å². The first kappa shape index (κ1) is 20.5. The maximum atomic E-state index is 12.6. The van der Waals surface area contributed by atoms with Crippen molar-refractivity contribution in [3.05, 3.63) is 55.7 Å². The van der Waals surface area contributed by atoms with E-state index in [1.54, 1.807) is 18.2 Å². The lowest BCUT2D eigenvalue weighted by atomic mass is 10.2. The van der Waals surface area contributed by atoms with Crippen LogP contribution in [0, 0.1) is 0 Å². The van der Waals surface area contributed by atoms with Crippen LogP contribution in [0.3, 0.4) is 0 Å². The number of carbonyl (C=O) groups is 3. The van der Waals surface area contributed by atoms with Crippen molar-refractivity contribution in [2.24, 2.45) is 0 Å². The van der Waals surface area contributed by atoms with Gasteiger partial charge in [0, 0.05) is 0 Å². The molecule has 0 aliphatic carbocycles. The molecule has 7 nitrogen and oxygen atoms in total. The van der Waals surface area contributed by atoms with Crippen molar-refractivity contribution < 1.29 is 28.3 Å². The van der Waals surface area contributed by atoms with Crippen molar-refractivity contribution in [1.82, 2.24) is 4.90 Å². The van der Waals surface area contributed by atoms with E-state index in [2.05, 4.69) is 20.7 Å². The molecule has 1 aliphatic rings. The predicted octanol–water partition coefficient (Wildman–Crippen LogP) is 4.73. The molecule has 1 fully saturated rings. The fourth-order valence-corrected chi connectivity index (χ4v) is 4.37. The Bertz CT molecular complexity index is 979. The SMILES string of the molecule is COC(=O)c1ccc(CN2C(=O)SC(=Cc3cc(Cl)c(OC)c(Br)c3)C2=O)o1. The first-order valence-electron chi connectivity index (χ1n) is 7.79. The number of furan rings is 1. The van der Waals surface area contributed by atoms with Gasteiger partial charge in [-0.2, -0.15) is 0 Å². The van der Waals surface area contributed by atoms with Crippen LogP contribution >= 0.6 is 39.3 Å². The Balaban J connectivity index is 1.81. The minimum atomic E-state index is -0.637. The molecule has 0 saturated carbocycles. The second kappa shape index (κ2) is 8.42. The maximum Gasteiger partial charge on any atom is 0.373 e. The van der Waals surface area contributed by atoms with Crippen molar-refractivity contribution in [3.63, 3.8) is 0 Å². The van der Waals surface area contributed by atoms with Crippen LogP contribution in [0.15, 0.2) is 38.1 Å². The summed E-state index contributed by atoms with van der Waals surface area (Å²) in [4.78, 5) is 37.6. The van der Waals surface area contributed by atoms with Crippen LogP contribution < -0.4 is 4.74 Å². The molecule has 0 spiro atoms. The van der Waals surface area contributed by atoms with Crippen LogP contribution in [0.4, 0.5) is 4.79 Å². The molecular weight excluding hydrogens is 474 g/mol. The van der Waals surface area contributed by atoms with Gasteiger partial charge >= 0.3 is 5.97 Å². The molecule has 0 bridgehead atoms. The average molecular weight is 487 g/mol. The number of thioether (sulfide) groups is 1. The van der Waals surface area contributed by atoms with Crippen molar-refractivity contribution >= 4 is 62.5 Å². The summed E-state index contributed by atoms with van der Waals surface area (Å²) >= 11 is 10.3. The molecule has 2 heterocycles. The number of ether oxygens (including phenoxy) is 2. The van der Waals surface area contributed by atoms with Crippen LogP contribution in [-0.4, -0.2) is 36.2 Å². The molecule has 3 rings (SSSR count). The highest BCUT2D eigenvalue weighted by Gasteiger charge is 2.35. The van der Waals surface area contributed by atoms with Crippen molar-refractivity contribution in [2.45, 2.75) is 6.54 Å². The van der Waals surface area contributed by atoms with Gasteiger partial charge in [0.25, 0.3) is 11.1 Å². The van der Waals surface area contributed by atoms with E-state index in [0.29, 0.717) is 26.6 Å². The molecular formula is C18H13BrClNO6S. The molecule has 0 radical (unpaired) electrons. The normalized spacial score (nSPS) is 15.4. The summed E-state index contributed by atoms with van der Waals surface area (Å²) in [5, 5.41) is -0.0702. The van der Waals surface area contributed by atoms with E-state index in [1.807, 2.05) is 0 Å². The Morgan fingerprint density at radius 2 is 2.07 bits per heavy atom. The van der Waals surface area contributed by atoms with Gasteiger partial charge in [-0.3, -0.25) is 14.5 Å². The Hall–Kier alpha value is -2.23. The van der Waals surface area contributed by atoms with Crippen LogP contribution in [-0.2, 0) is 16.1 Å². The van der Waals surface area contributed by atoms with Gasteiger partial charge < -0.3 is 13.9 Å². The lowest BCUT2D eigenvalue weighted by Crippen LogP contribution is -2.27. The van der Waals surface area contributed by atoms with Crippen LogP contribution in [0.5, 0.6) is 5.75 Å². The van der Waals surface area contributed by atoms with Crippen LogP contribution in [0.1, 0.15) is 21.9 Å². The summed E-state index contributed by atoms with van der Waals surface area (Å²) in [6, 6.07) is 6.30. The molecule has 0 atom stereocenters. The Morgan fingerprint density at radius 1 is 1.32 bits per heavy atom. The number of esters is 1. The summed E-state index contributed by atoms with van der Waals surface area (Å²) in [7, 11) is 2.73. The van der Waals surface area contributed by atoms with E-state index >= 15 is 0 Å². The van der Waals surface area contributed by atoms with Crippen LogP contribution in [0.2, 0.25) is 5.02 Å². The summed E-state index contributed by atoms with van der Waals surface area (Å²) < 4.78 is 15.7. The summed E-state index contributed by atoms with van der Waals surface area (Å²) in [6.45, 7) is -0.0912. The molecule has 1 aliphatic heterocycles. The number of methoxy groups -OCH3 is 2. The lowest BCUT2D eigenvalue weighted by Gasteiger charge is -2.10. The highest BCUT2D eigenvalue weighted by atomic mass is 79.9. The van der Waals surface area contributed by atoms with Gasteiger partial charge in [-0.05, 0) is 63.6 Å². The van der Waals surface area contributed by atoms with Gasteiger partial charge in [0.05, 0.1) is 35.2 Å². The van der Waals surface area contributed by atoms with E-state index in [0.717, 1.165) is 16.7 Å². The first-order chi connectivity index (χ1) is 13.3. The molecule has 146 valence electrons. The molecule has 0 N–H and O–H groups in total. The third kappa shape index (κ3) is 4.11. The van der Waals surface area contributed by atoms with E-state index in [1.165, 1.54) is 26.4 Å². The smallest absolute Gasteiger partial charge is 0.373 e. The van der Waals surface area contributed by atoms with E-state index in [-0.39, 0.29) is 17.2 Å². The number of amides is 2. The third-order valence-corrected chi connectivity index (χ3v) is 5.54. The number of hydrogen-bond donors (Lipinski definition) is 0. The molecule has 10 heteroatoms. The van der Waals surface area contributed by atoms with Gasteiger partial charge in [-0.25, -0.2) is 4.79 Å². The molecule has 1 aromatic carbocycles. The van der Waals surface area contributed by atoms with Crippen molar-refractivity contribution in [3.8, 4) is 5.75 Å². The van der Waals surface area contributed by atoms with Gasteiger partial charge in [-0.1, -0.05) is 11.6 Å². The molecule has 0 unspecified atom stereocenters. The lowest BCUT2D eigenvalue weighted by molar-refractivity contribution is -0.123. The van der Waals surface area contributed by atoms with Crippen molar-refractivity contribution in [1.29, 1.82) is 0 Å². The minimum absolute atomic E-state index is 0.00209. The predicted molar refractivity (Wildman–Crippen MR) is 107 cm³/mol. The second-order valence-corrected chi connectivity index (χ2v) is 7.80. The highest BCUT2D eigenvalue weighted by Crippen LogP contribution is 2.37. The number of imide groups is 1. The monoisotopic (exact) mass is 485 g/mol. The molecule has 1 saturated heterocycles. The standard InChI is InChI=1S/C18H13BrClNO6S/c1-25-15-11(19)5-9(6-12(15)20)7-14-16(22)21(18(24)28-14)8-10-3-4-13(27-10)17(23)26-2/h3-7H,8H2,1-2H3. The van der Waals surface area contributed by atoms with E-state index < -0.39 is 17.1 Å². The first-order valence-corrected chi connectivity index (χ1v) is 9.78. The van der Waals surface area contributed by atoms with Gasteiger partial charge in [0.1, 0.15) is 5.76 Å². The second-order valence-electron chi connectivity index (χ2n) is 5.54. The molecule has 1 aromatic heterocycles. The Kier molecular flexibility index (Phi) is 6.17. The maximum absolute atomic E-state index is 12.6. The fourth-order valence-electron chi connectivity index (χ4n) is 2.47. The number of benzene rings is 1. The summed E-state index contributed by atoms with van der Waals surface area (Å²) in [6.07, 6.45) is 1.57. The zero-order valence-corrected chi connectivity index (χ0v) is 17.8. The number of nitrogens with zero attached hydrogens (tertiary/aromatic N) is 1. The van der Waals surface area contributed by atoms with Crippen LogP contribution in [0.25, 0.3) is 6.08 Å². The van der Waals surface area contributed by atoms with Gasteiger partial charge in [-0.15, -0.1) is 0 Å². The number of hydrogen-bond acceptors (Lipinski definition) is 7. The number of rotatable bonds is 5. The number of carbonyl (C=O) groups excluding carboxylic acids is 3. The van der Waals surface area contributed by atoms with E-state index in [4.69, 9.17) is 20.8 Å². The molecule has 28 heavy (non-hydrogen) atoms. The number of halogens is 2. The topological polar surface area (TPSA) is 86.0 Å². The Morgan fingerprint density at radius 3 is 2.71 bits per heavy atom. The zero-order chi connectivity index (χ0) is 20.4. The largest absolute Gasteiger partial charge is 0.494 e. The van der Waals surface area contributed by atoms with Gasteiger partial charge in [0.2, 0.25) is 5.76 Å². The van der Waals surface area contributed by atoms with E-state index in [9.17, 15) is 14.4 Å². The minimum Gasteiger partial charge on any atom is -0.494 e. The fraction of sp³-hybridized carbons (Fsp3) is 0.167.